The molecule has 1 aromatic carbocycles. The van der Waals surface area contributed by atoms with Gasteiger partial charge in [-0.3, -0.25) is 9.48 Å². The lowest BCUT2D eigenvalue weighted by Crippen LogP contribution is -2.47. The van der Waals surface area contributed by atoms with Crippen LogP contribution in [0.4, 0.5) is 0 Å². The minimum atomic E-state index is -0.979. The fraction of sp³-hybridized carbons (Fsp3) is 0.450. The second-order valence-corrected chi connectivity index (χ2v) is 7.36. The van der Waals surface area contributed by atoms with Gasteiger partial charge in [0.05, 0.1) is 30.3 Å². The van der Waals surface area contributed by atoms with Gasteiger partial charge in [0, 0.05) is 24.8 Å². The fourth-order valence-corrected chi connectivity index (χ4v) is 3.65. The zero-order valence-electron chi connectivity index (χ0n) is 15.9. The molecule has 1 aliphatic heterocycles. The molecule has 2 aromatic rings. The van der Waals surface area contributed by atoms with E-state index in [-0.39, 0.29) is 17.5 Å². The highest BCUT2D eigenvalue weighted by Gasteiger charge is 2.37. The summed E-state index contributed by atoms with van der Waals surface area (Å²) in [5.74, 6) is -0.201. The van der Waals surface area contributed by atoms with Crippen molar-refractivity contribution < 1.29 is 19.4 Å². The van der Waals surface area contributed by atoms with Gasteiger partial charge < -0.3 is 14.7 Å². The summed E-state index contributed by atoms with van der Waals surface area (Å²) in [6.45, 7) is 5.08. The number of amides is 1. The topological polar surface area (TPSA) is 84.7 Å². The predicted molar refractivity (Wildman–Crippen MR) is 100 cm³/mol. The van der Waals surface area contributed by atoms with Gasteiger partial charge in [-0.15, -0.1) is 0 Å². The van der Waals surface area contributed by atoms with Crippen LogP contribution in [0.15, 0.2) is 36.7 Å². The van der Waals surface area contributed by atoms with Gasteiger partial charge in [0.1, 0.15) is 5.75 Å². The molecule has 1 N–H and O–H groups in total. The van der Waals surface area contributed by atoms with Gasteiger partial charge >= 0.3 is 5.97 Å². The van der Waals surface area contributed by atoms with Gasteiger partial charge in [-0.05, 0) is 32.8 Å². The quantitative estimate of drug-likeness (QED) is 0.874. The van der Waals surface area contributed by atoms with Gasteiger partial charge in [-0.2, -0.15) is 5.10 Å². The van der Waals surface area contributed by atoms with E-state index in [9.17, 15) is 9.59 Å². The molecule has 2 heterocycles. The molecule has 0 aliphatic carbocycles. The molecule has 0 unspecified atom stereocenters. The summed E-state index contributed by atoms with van der Waals surface area (Å²) >= 11 is 0. The van der Waals surface area contributed by atoms with Crippen LogP contribution in [0, 0.1) is 0 Å². The minimum Gasteiger partial charge on any atom is -0.496 e. The summed E-state index contributed by atoms with van der Waals surface area (Å²) in [7, 11) is 1.61. The Kier molecular flexibility index (Phi) is 5.21. The van der Waals surface area contributed by atoms with Gasteiger partial charge in [0.2, 0.25) is 5.91 Å². The highest BCUT2D eigenvalue weighted by Crippen LogP contribution is 2.34. The average Bonchev–Trinajstić information content (AvgIpc) is 3.18. The van der Waals surface area contributed by atoms with Crippen molar-refractivity contribution in [3.63, 3.8) is 0 Å². The number of hydrogen-bond donors (Lipinski definition) is 1. The molecule has 0 atom stereocenters. The Morgan fingerprint density at radius 3 is 2.48 bits per heavy atom. The van der Waals surface area contributed by atoms with E-state index < -0.39 is 11.4 Å². The van der Waals surface area contributed by atoms with E-state index in [1.807, 2.05) is 43.0 Å². The Bertz CT molecular complexity index is 835. The first-order valence-corrected chi connectivity index (χ1v) is 9.05. The summed E-state index contributed by atoms with van der Waals surface area (Å²) in [5, 5.41) is 13.2. The third kappa shape index (κ3) is 3.67. The van der Waals surface area contributed by atoms with Gasteiger partial charge in [0.15, 0.2) is 0 Å². The number of benzene rings is 1. The van der Waals surface area contributed by atoms with Crippen LogP contribution < -0.4 is 4.74 Å². The molecule has 0 spiro atoms. The summed E-state index contributed by atoms with van der Waals surface area (Å²) in [5.41, 5.74) is 0.366. The third-order valence-corrected chi connectivity index (χ3v) is 5.29. The van der Waals surface area contributed by atoms with Crippen LogP contribution in [0.2, 0.25) is 0 Å². The Hall–Kier alpha value is -2.83. The molecule has 7 nitrogen and oxygen atoms in total. The Morgan fingerprint density at radius 2 is 1.89 bits per heavy atom. The first-order valence-electron chi connectivity index (χ1n) is 9.05. The zero-order valence-corrected chi connectivity index (χ0v) is 15.9. The molecular weight excluding hydrogens is 346 g/mol. The summed E-state index contributed by atoms with van der Waals surface area (Å²) in [6, 6.07) is 7.71. The Labute approximate surface area is 158 Å². The second kappa shape index (κ2) is 7.42. The molecule has 0 radical (unpaired) electrons. The zero-order chi connectivity index (χ0) is 19.6. The van der Waals surface area contributed by atoms with Gasteiger partial charge in [-0.25, -0.2) is 4.79 Å². The maximum atomic E-state index is 13.2. The second-order valence-electron chi connectivity index (χ2n) is 7.36. The van der Waals surface area contributed by atoms with E-state index in [4.69, 9.17) is 9.84 Å². The van der Waals surface area contributed by atoms with Crippen molar-refractivity contribution in [2.75, 3.05) is 20.2 Å². The summed E-state index contributed by atoms with van der Waals surface area (Å²) < 4.78 is 7.14. The van der Waals surface area contributed by atoms with Crippen LogP contribution >= 0.6 is 0 Å². The molecule has 3 rings (SSSR count). The first-order chi connectivity index (χ1) is 12.8. The van der Waals surface area contributed by atoms with E-state index >= 15 is 0 Å². The van der Waals surface area contributed by atoms with Crippen LogP contribution in [0.1, 0.15) is 48.7 Å². The standard InChI is InChI=1S/C20H25N3O4/c1-20(2,16-6-4-5-7-17(16)27-3)19(26)22-10-8-15(9-11-22)23-13-14(12-21-23)18(24)25/h4-7,12-13,15H,8-11H2,1-3H3,(H,24,25). The normalized spacial score (nSPS) is 15.6. The Morgan fingerprint density at radius 1 is 1.22 bits per heavy atom. The minimum absolute atomic E-state index is 0.0668. The molecule has 7 heteroatoms. The average molecular weight is 371 g/mol. The smallest absolute Gasteiger partial charge is 0.338 e. The summed E-state index contributed by atoms with van der Waals surface area (Å²) in [4.78, 5) is 26.1. The molecule has 1 aromatic heterocycles. The number of likely N-dealkylation sites (tertiary alicyclic amines) is 1. The number of aromatic nitrogens is 2. The highest BCUT2D eigenvalue weighted by atomic mass is 16.5. The number of carbonyl (C=O) groups is 2. The lowest BCUT2D eigenvalue weighted by atomic mass is 9.82. The number of piperidine rings is 1. The molecular formula is C20H25N3O4. The highest BCUT2D eigenvalue weighted by molar-refractivity contribution is 5.88. The van der Waals surface area contributed by atoms with E-state index in [2.05, 4.69) is 5.10 Å². The molecule has 27 heavy (non-hydrogen) atoms. The molecule has 0 bridgehead atoms. The Balaban J connectivity index is 1.69. The molecule has 1 aliphatic rings. The van der Waals surface area contributed by atoms with Gasteiger partial charge in [-0.1, -0.05) is 18.2 Å². The van der Waals surface area contributed by atoms with Crippen molar-refractivity contribution in [1.29, 1.82) is 0 Å². The number of methoxy groups -OCH3 is 1. The van der Waals surface area contributed by atoms with Crippen LogP contribution in [0.5, 0.6) is 5.75 Å². The molecule has 144 valence electrons. The monoisotopic (exact) mass is 371 g/mol. The van der Waals surface area contributed by atoms with E-state index in [1.54, 1.807) is 18.0 Å². The van der Waals surface area contributed by atoms with E-state index in [0.29, 0.717) is 18.8 Å². The van der Waals surface area contributed by atoms with Crippen molar-refractivity contribution in [2.24, 2.45) is 0 Å². The van der Waals surface area contributed by atoms with Crippen molar-refractivity contribution in [1.82, 2.24) is 14.7 Å². The largest absolute Gasteiger partial charge is 0.496 e. The lowest BCUT2D eigenvalue weighted by Gasteiger charge is -2.37. The lowest BCUT2D eigenvalue weighted by molar-refractivity contribution is -0.137. The maximum absolute atomic E-state index is 13.2. The van der Waals surface area contributed by atoms with Gasteiger partial charge in [0.25, 0.3) is 0 Å². The van der Waals surface area contributed by atoms with Crippen molar-refractivity contribution in [3.8, 4) is 5.75 Å². The van der Waals surface area contributed by atoms with E-state index in [1.165, 1.54) is 6.20 Å². The van der Waals surface area contributed by atoms with Crippen molar-refractivity contribution in [3.05, 3.63) is 47.8 Å². The third-order valence-electron chi connectivity index (χ3n) is 5.29. The SMILES string of the molecule is COc1ccccc1C(C)(C)C(=O)N1CCC(n2cc(C(=O)O)cn2)CC1. The molecule has 1 amide bonds. The van der Waals surface area contributed by atoms with Crippen LogP contribution in [-0.4, -0.2) is 51.9 Å². The number of hydrogen-bond acceptors (Lipinski definition) is 4. The van der Waals surface area contributed by atoms with Crippen LogP contribution in [0.25, 0.3) is 0 Å². The van der Waals surface area contributed by atoms with Crippen molar-refractivity contribution >= 4 is 11.9 Å². The number of para-hydroxylation sites is 1. The maximum Gasteiger partial charge on any atom is 0.338 e. The van der Waals surface area contributed by atoms with Crippen LogP contribution in [-0.2, 0) is 10.2 Å². The number of carbonyl (C=O) groups excluding carboxylic acids is 1. The first kappa shape index (κ1) is 18.9. The number of rotatable bonds is 5. The fourth-order valence-electron chi connectivity index (χ4n) is 3.65. The molecule has 0 saturated carbocycles. The number of nitrogens with zero attached hydrogens (tertiary/aromatic N) is 3. The summed E-state index contributed by atoms with van der Waals surface area (Å²) in [6.07, 6.45) is 4.41. The molecule has 1 saturated heterocycles. The number of aromatic carboxylic acids is 1. The predicted octanol–water partition coefficient (Wildman–Crippen LogP) is 2.73. The molecule has 1 fully saturated rings. The number of ether oxygens (including phenoxy) is 1. The number of carboxylic acids is 1. The van der Waals surface area contributed by atoms with Crippen molar-refractivity contribution in [2.45, 2.75) is 38.1 Å². The van der Waals surface area contributed by atoms with Crippen LogP contribution in [0.3, 0.4) is 0 Å². The van der Waals surface area contributed by atoms with E-state index in [0.717, 1.165) is 18.4 Å². The number of carboxylic acid groups (broad SMARTS) is 1.